The number of carbonyl (C=O) groups is 1. The van der Waals surface area contributed by atoms with Gasteiger partial charge in [-0.3, -0.25) is 9.89 Å². The quantitative estimate of drug-likeness (QED) is 0.534. The first-order valence-electron chi connectivity index (χ1n) is 7.89. The third-order valence-corrected chi connectivity index (χ3v) is 5.68. The Morgan fingerprint density at radius 3 is 2.77 bits per heavy atom. The maximum Gasteiger partial charge on any atom is 0.233 e. The maximum absolute atomic E-state index is 12.3. The summed E-state index contributed by atoms with van der Waals surface area (Å²) >= 11 is 10.9. The molecule has 1 amide bonds. The molecule has 2 N–H and O–H groups in total. The normalized spacial score (nSPS) is 12.0. The topological polar surface area (TPSA) is 70.7 Å². The Balaban J connectivity index is 1.59. The van der Waals surface area contributed by atoms with Crippen LogP contribution in [-0.4, -0.2) is 26.3 Å². The molecule has 1 unspecified atom stereocenters. The van der Waals surface area contributed by atoms with Gasteiger partial charge in [-0.25, -0.2) is 4.98 Å². The van der Waals surface area contributed by atoms with Gasteiger partial charge in [-0.05, 0) is 24.6 Å². The first-order chi connectivity index (χ1) is 12.5. The van der Waals surface area contributed by atoms with Gasteiger partial charge in [0.05, 0.1) is 5.25 Å². The van der Waals surface area contributed by atoms with Gasteiger partial charge in [0.15, 0.2) is 5.82 Å². The van der Waals surface area contributed by atoms with Crippen LogP contribution in [0.1, 0.15) is 12.5 Å². The Kier molecular flexibility index (Phi) is 6.34. The van der Waals surface area contributed by atoms with Gasteiger partial charge in [0.2, 0.25) is 11.1 Å². The number of aromatic nitrogens is 3. The minimum atomic E-state index is -0.333. The largest absolute Gasteiger partial charge is 0.351 e. The van der Waals surface area contributed by atoms with Crippen molar-refractivity contribution in [1.29, 1.82) is 0 Å². The SMILES string of the molecule is CC(Sc1n[nH]c(-c2ccccc2Br)n1)C(=O)NCc1ccccc1Cl. The maximum atomic E-state index is 12.3. The van der Waals surface area contributed by atoms with Crippen molar-refractivity contribution in [3.05, 3.63) is 63.6 Å². The lowest BCUT2D eigenvalue weighted by molar-refractivity contribution is -0.120. The molecule has 1 atom stereocenters. The van der Waals surface area contributed by atoms with Crippen LogP contribution in [0.3, 0.4) is 0 Å². The summed E-state index contributed by atoms with van der Waals surface area (Å²) in [6.07, 6.45) is 0. The van der Waals surface area contributed by atoms with Gasteiger partial charge in [-0.15, -0.1) is 5.10 Å². The molecule has 0 radical (unpaired) electrons. The van der Waals surface area contributed by atoms with E-state index in [0.717, 1.165) is 15.6 Å². The minimum absolute atomic E-state index is 0.0952. The predicted octanol–water partition coefficient (Wildman–Crippen LogP) is 4.68. The molecule has 0 saturated carbocycles. The molecule has 1 heterocycles. The molecule has 2 aromatic carbocycles. The molecule has 3 rings (SSSR count). The fourth-order valence-electron chi connectivity index (χ4n) is 2.25. The molecular weight excluding hydrogens is 436 g/mol. The third-order valence-electron chi connectivity index (χ3n) is 3.66. The molecule has 0 fully saturated rings. The number of nitrogens with zero attached hydrogens (tertiary/aromatic N) is 2. The summed E-state index contributed by atoms with van der Waals surface area (Å²) in [6, 6.07) is 15.2. The van der Waals surface area contributed by atoms with Crippen LogP contribution in [-0.2, 0) is 11.3 Å². The second-order valence-electron chi connectivity index (χ2n) is 5.52. The number of aromatic amines is 1. The van der Waals surface area contributed by atoms with Gasteiger partial charge in [-0.1, -0.05) is 75.7 Å². The number of H-pyrrole nitrogens is 1. The monoisotopic (exact) mass is 450 g/mol. The molecule has 1 aromatic heterocycles. The lowest BCUT2D eigenvalue weighted by Crippen LogP contribution is -2.30. The molecule has 0 spiro atoms. The Morgan fingerprint density at radius 1 is 1.27 bits per heavy atom. The van der Waals surface area contributed by atoms with E-state index in [1.807, 2.05) is 49.4 Å². The average molecular weight is 452 g/mol. The number of halogens is 2. The van der Waals surface area contributed by atoms with Crippen molar-refractivity contribution in [1.82, 2.24) is 20.5 Å². The lowest BCUT2D eigenvalue weighted by atomic mass is 10.2. The van der Waals surface area contributed by atoms with E-state index < -0.39 is 0 Å². The van der Waals surface area contributed by atoms with Gasteiger partial charge in [0.25, 0.3) is 0 Å². The summed E-state index contributed by atoms with van der Waals surface area (Å²) in [7, 11) is 0. The highest BCUT2D eigenvalue weighted by Crippen LogP contribution is 2.27. The Labute approximate surface area is 169 Å². The van der Waals surface area contributed by atoms with Crippen LogP contribution in [0.4, 0.5) is 0 Å². The second kappa shape index (κ2) is 8.70. The Bertz CT molecular complexity index is 917. The first kappa shape index (κ1) is 18.9. The number of hydrogen-bond acceptors (Lipinski definition) is 4. The van der Waals surface area contributed by atoms with Crippen molar-refractivity contribution >= 4 is 45.2 Å². The van der Waals surface area contributed by atoms with E-state index in [9.17, 15) is 4.79 Å². The predicted molar refractivity (Wildman–Crippen MR) is 108 cm³/mol. The standard InChI is InChI=1S/C18H16BrClN4OS/c1-11(17(25)21-10-12-6-2-5-9-15(12)20)26-18-22-16(23-24-18)13-7-3-4-8-14(13)19/h2-9,11H,10H2,1H3,(H,21,25)(H,22,23,24). The summed E-state index contributed by atoms with van der Waals surface area (Å²) in [5.74, 6) is 0.561. The van der Waals surface area contributed by atoms with Crippen molar-refractivity contribution in [2.75, 3.05) is 0 Å². The molecule has 3 aromatic rings. The summed E-state index contributed by atoms with van der Waals surface area (Å²) in [4.78, 5) is 16.8. The average Bonchev–Trinajstić information content (AvgIpc) is 3.09. The molecule has 5 nitrogen and oxygen atoms in total. The fraction of sp³-hybridized carbons (Fsp3) is 0.167. The molecule has 0 aliphatic rings. The number of thioether (sulfide) groups is 1. The highest BCUT2D eigenvalue weighted by Gasteiger charge is 2.18. The molecule has 0 aliphatic heterocycles. The highest BCUT2D eigenvalue weighted by atomic mass is 79.9. The van der Waals surface area contributed by atoms with E-state index in [4.69, 9.17) is 11.6 Å². The Morgan fingerprint density at radius 2 is 2.00 bits per heavy atom. The Hall–Kier alpha value is -1.83. The van der Waals surface area contributed by atoms with E-state index in [0.29, 0.717) is 22.5 Å². The summed E-state index contributed by atoms with van der Waals surface area (Å²) < 4.78 is 0.929. The molecule has 8 heteroatoms. The van der Waals surface area contributed by atoms with Crippen LogP contribution in [0.15, 0.2) is 58.2 Å². The van der Waals surface area contributed by atoms with Crippen LogP contribution in [0.25, 0.3) is 11.4 Å². The van der Waals surface area contributed by atoms with Crippen molar-refractivity contribution in [2.45, 2.75) is 23.9 Å². The zero-order valence-electron chi connectivity index (χ0n) is 13.9. The number of hydrogen-bond donors (Lipinski definition) is 2. The third kappa shape index (κ3) is 4.66. The van der Waals surface area contributed by atoms with Crippen molar-refractivity contribution in [3.8, 4) is 11.4 Å². The molecule has 0 aliphatic carbocycles. The van der Waals surface area contributed by atoms with E-state index in [2.05, 4.69) is 36.4 Å². The lowest BCUT2D eigenvalue weighted by Gasteiger charge is -2.11. The van der Waals surface area contributed by atoms with Gasteiger partial charge >= 0.3 is 0 Å². The van der Waals surface area contributed by atoms with E-state index in [1.54, 1.807) is 6.07 Å². The molecular formula is C18H16BrClN4OS. The molecule has 26 heavy (non-hydrogen) atoms. The van der Waals surface area contributed by atoms with Crippen LogP contribution in [0.2, 0.25) is 5.02 Å². The number of amides is 1. The van der Waals surface area contributed by atoms with Crippen LogP contribution in [0.5, 0.6) is 0 Å². The molecule has 134 valence electrons. The van der Waals surface area contributed by atoms with E-state index in [-0.39, 0.29) is 11.2 Å². The number of nitrogens with one attached hydrogen (secondary N) is 2. The van der Waals surface area contributed by atoms with Crippen LogP contribution < -0.4 is 5.32 Å². The smallest absolute Gasteiger partial charge is 0.233 e. The van der Waals surface area contributed by atoms with E-state index in [1.165, 1.54) is 11.8 Å². The zero-order valence-corrected chi connectivity index (χ0v) is 17.0. The van der Waals surface area contributed by atoms with Gasteiger partial charge in [0.1, 0.15) is 0 Å². The van der Waals surface area contributed by atoms with Crippen LogP contribution in [0, 0.1) is 0 Å². The molecule has 0 saturated heterocycles. The van der Waals surface area contributed by atoms with Gasteiger partial charge in [0, 0.05) is 21.6 Å². The fourth-order valence-corrected chi connectivity index (χ4v) is 3.68. The van der Waals surface area contributed by atoms with Gasteiger partial charge < -0.3 is 5.32 Å². The van der Waals surface area contributed by atoms with Crippen LogP contribution >= 0.6 is 39.3 Å². The number of rotatable bonds is 6. The van der Waals surface area contributed by atoms with Gasteiger partial charge in [-0.2, -0.15) is 0 Å². The highest BCUT2D eigenvalue weighted by molar-refractivity contribution is 9.10. The summed E-state index contributed by atoms with van der Waals surface area (Å²) in [6.45, 7) is 2.21. The minimum Gasteiger partial charge on any atom is -0.351 e. The van der Waals surface area contributed by atoms with Crippen molar-refractivity contribution in [2.24, 2.45) is 0 Å². The summed E-state index contributed by atoms with van der Waals surface area (Å²) in [5, 5.41) is 10.8. The van der Waals surface area contributed by atoms with Crippen molar-refractivity contribution in [3.63, 3.8) is 0 Å². The van der Waals surface area contributed by atoms with E-state index >= 15 is 0 Å². The number of benzene rings is 2. The number of carbonyl (C=O) groups excluding carboxylic acids is 1. The molecule has 0 bridgehead atoms. The summed E-state index contributed by atoms with van der Waals surface area (Å²) in [5.41, 5.74) is 1.80. The first-order valence-corrected chi connectivity index (χ1v) is 9.94. The van der Waals surface area contributed by atoms with Crippen molar-refractivity contribution < 1.29 is 4.79 Å². The zero-order chi connectivity index (χ0) is 18.5. The second-order valence-corrected chi connectivity index (χ2v) is 8.09.